The molecule has 1 atom stereocenters. The van der Waals surface area contributed by atoms with E-state index in [4.69, 9.17) is 15.2 Å². The summed E-state index contributed by atoms with van der Waals surface area (Å²) < 4.78 is 10.2. The molecule has 1 amide bonds. The number of amides is 1. The van der Waals surface area contributed by atoms with Crippen molar-refractivity contribution in [3.8, 4) is 0 Å². The van der Waals surface area contributed by atoms with Crippen LogP contribution in [0.25, 0.3) is 0 Å². The van der Waals surface area contributed by atoms with E-state index in [2.05, 4.69) is 0 Å². The van der Waals surface area contributed by atoms with E-state index in [-0.39, 0.29) is 13.2 Å². The monoisotopic (exact) mass is 308 g/mol. The fourth-order valence-electron chi connectivity index (χ4n) is 1.90. The summed E-state index contributed by atoms with van der Waals surface area (Å²) in [5, 5.41) is 0. The van der Waals surface area contributed by atoms with E-state index in [9.17, 15) is 9.59 Å². The van der Waals surface area contributed by atoms with Crippen LogP contribution in [-0.2, 0) is 20.9 Å². The number of carbonyl (C=O) groups is 2. The van der Waals surface area contributed by atoms with Crippen molar-refractivity contribution in [2.45, 2.75) is 32.9 Å². The molecule has 0 bridgehead atoms. The zero-order valence-electron chi connectivity index (χ0n) is 13.2. The van der Waals surface area contributed by atoms with Crippen molar-refractivity contribution in [1.29, 1.82) is 0 Å². The molecular formula is C16H24N2O4. The second-order valence-electron chi connectivity index (χ2n) is 4.80. The Balaban J connectivity index is 2.64. The second-order valence-corrected chi connectivity index (χ2v) is 4.80. The molecule has 1 aromatic rings. The molecule has 0 radical (unpaired) electrons. The summed E-state index contributed by atoms with van der Waals surface area (Å²) >= 11 is 0. The molecule has 0 heterocycles. The van der Waals surface area contributed by atoms with Crippen LogP contribution in [0.1, 0.15) is 25.8 Å². The fourth-order valence-corrected chi connectivity index (χ4v) is 1.90. The molecule has 6 nitrogen and oxygen atoms in total. The van der Waals surface area contributed by atoms with Gasteiger partial charge in [-0.1, -0.05) is 30.3 Å². The quantitative estimate of drug-likeness (QED) is 0.742. The first-order valence-electron chi connectivity index (χ1n) is 7.44. The first-order valence-corrected chi connectivity index (χ1v) is 7.44. The average Bonchev–Trinajstić information content (AvgIpc) is 2.54. The second kappa shape index (κ2) is 9.78. The number of carbonyl (C=O) groups excluding carboxylic acids is 2. The Kier molecular flexibility index (Phi) is 7.99. The van der Waals surface area contributed by atoms with Gasteiger partial charge < -0.3 is 15.2 Å². The van der Waals surface area contributed by atoms with E-state index >= 15 is 0 Å². The van der Waals surface area contributed by atoms with Gasteiger partial charge in [0.1, 0.15) is 12.6 Å². The molecule has 0 aliphatic carbocycles. The van der Waals surface area contributed by atoms with Crippen molar-refractivity contribution < 1.29 is 19.1 Å². The Bertz CT molecular complexity index is 464. The summed E-state index contributed by atoms with van der Waals surface area (Å²) in [7, 11) is 0. The average molecular weight is 308 g/mol. The maximum atomic E-state index is 12.2. The van der Waals surface area contributed by atoms with E-state index in [1.54, 1.807) is 13.8 Å². The summed E-state index contributed by atoms with van der Waals surface area (Å²) in [6.07, 6.45) is 0.0438. The van der Waals surface area contributed by atoms with Crippen LogP contribution in [0.4, 0.5) is 4.79 Å². The highest BCUT2D eigenvalue weighted by molar-refractivity contribution is 5.81. The van der Waals surface area contributed by atoms with E-state index in [1.807, 2.05) is 30.3 Å². The van der Waals surface area contributed by atoms with Crippen LogP contribution in [0.2, 0.25) is 0 Å². The summed E-state index contributed by atoms with van der Waals surface area (Å²) in [5.41, 5.74) is 6.37. The number of esters is 1. The number of benzene rings is 1. The third kappa shape index (κ3) is 5.73. The topological polar surface area (TPSA) is 81.9 Å². The van der Waals surface area contributed by atoms with Crippen LogP contribution in [0.5, 0.6) is 0 Å². The molecular weight excluding hydrogens is 284 g/mol. The van der Waals surface area contributed by atoms with Gasteiger partial charge >= 0.3 is 12.1 Å². The number of ether oxygens (including phenoxy) is 2. The lowest BCUT2D eigenvalue weighted by Gasteiger charge is -2.26. The van der Waals surface area contributed by atoms with Crippen LogP contribution in [-0.4, -0.2) is 42.7 Å². The SMILES string of the molecule is CCOC(=O)C(C)N(CCCN)C(=O)OCc1ccccc1. The summed E-state index contributed by atoms with van der Waals surface area (Å²) in [6, 6.07) is 8.67. The number of nitrogens with two attached hydrogens (primary N) is 1. The fraction of sp³-hybridized carbons (Fsp3) is 0.500. The minimum atomic E-state index is -0.699. The highest BCUT2D eigenvalue weighted by atomic mass is 16.6. The minimum Gasteiger partial charge on any atom is -0.464 e. The molecule has 0 saturated heterocycles. The maximum absolute atomic E-state index is 12.2. The van der Waals surface area contributed by atoms with Gasteiger partial charge in [0.25, 0.3) is 0 Å². The lowest BCUT2D eigenvalue weighted by atomic mass is 10.2. The van der Waals surface area contributed by atoms with Crippen molar-refractivity contribution in [2.24, 2.45) is 5.73 Å². The lowest BCUT2D eigenvalue weighted by Crippen LogP contribution is -2.45. The molecule has 0 fully saturated rings. The van der Waals surface area contributed by atoms with Crippen LogP contribution in [0.3, 0.4) is 0 Å². The Morgan fingerprint density at radius 2 is 1.91 bits per heavy atom. The van der Waals surface area contributed by atoms with E-state index in [0.717, 1.165) is 5.56 Å². The Morgan fingerprint density at radius 1 is 1.23 bits per heavy atom. The normalized spacial score (nSPS) is 11.6. The molecule has 0 saturated carbocycles. The molecule has 6 heteroatoms. The Hall–Kier alpha value is -2.08. The van der Waals surface area contributed by atoms with Crippen LogP contribution in [0, 0.1) is 0 Å². The van der Waals surface area contributed by atoms with Gasteiger partial charge in [-0.15, -0.1) is 0 Å². The van der Waals surface area contributed by atoms with E-state index in [0.29, 0.717) is 19.5 Å². The highest BCUT2D eigenvalue weighted by Crippen LogP contribution is 2.08. The third-order valence-electron chi connectivity index (χ3n) is 3.14. The number of hydrogen-bond acceptors (Lipinski definition) is 5. The van der Waals surface area contributed by atoms with Gasteiger partial charge in [0.05, 0.1) is 6.61 Å². The molecule has 22 heavy (non-hydrogen) atoms. The molecule has 0 aromatic heterocycles. The zero-order valence-corrected chi connectivity index (χ0v) is 13.2. The van der Waals surface area contributed by atoms with Crippen molar-refractivity contribution in [3.63, 3.8) is 0 Å². The van der Waals surface area contributed by atoms with Gasteiger partial charge in [0.2, 0.25) is 0 Å². The molecule has 2 N–H and O–H groups in total. The highest BCUT2D eigenvalue weighted by Gasteiger charge is 2.27. The van der Waals surface area contributed by atoms with Crippen LogP contribution >= 0.6 is 0 Å². The number of hydrogen-bond donors (Lipinski definition) is 1. The largest absolute Gasteiger partial charge is 0.464 e. The Morgan fingerprint density at radius 3 is 2.50 bits per heavy atom. The predicted molar refractivity (Wildman–Crippen MR) is 83.1 cm³/mol. The van der Waals surface area contributed by atoms with Crippen LogP contribution < -0.4 is 5.73 Å². The molecule has 1 rings (SSSR count). The minimum absolute atomic E-state index is 0.161. The number of nitrogens with zero attached hydrogens (tertiary/aromatic N) is 1. The zero-order chi connectivity index (χ0) is 16.4. The van der Waals surface area contributed by atoms with Crippen molar-refractivity contribution >= 4 is 12.1 Å². The molecule has 0 spiro atoms. The predicted octanol–water partition coefficient (Wildman–Crippen LogP) is 1.93. The van der Waals surface area contributed by atoms with Gasteiger partial charge in [-0.3, -0.25) is 4.90 Å². The van der Waals surface area contributed by atoms with Crippen molar-refractivity contribution in [2.75, 3.05) is 19.7 Å². The van der Waals surface area contributed by atoms with E-state index < -0.39 is 18.1 Å². The molecule has 122 valence electrons. The van der Waals surface area contributed by atoms with Gasteiger partial charge in [0, 0.05) is 6.54 Å². The Labute approximate surface area is 131 Å². The third-order valence-corrected chi connectivity index (χ3v) is 3.14. The summed E-state index contributed by atoms with van der Waals surface area (Å²) in [6.45, 7) is 4.56. The van der Waals surface area contributed by atoms with E-state index in [1.165, 1.54) is 4.90 Å². The molecule has 1 unspecified atom stereocenters. The molecule has 1 aromatic carbocycles. The summed E-state index contributed by atoms with van der Waals surface area (Å²) in [5.74, 6) is -0.448. The van der Waals surface area contributed by atoms with Crippen LogP contribution in [0.15, 0.2) is 30.3 Å². The molecule has 0 aliphatic rings. The van der Waals surface area contributed by atoms with Gasteiger partial charge in [0.15, 0.2) is 0 Å². The maximum Gasteiger partial charge on any atom is 0.410 e. The first-order chi connectivity index (χ1) is 10.6. The molecule has 0 aliphatic heterocycles. The first kappa shape index (κ1) is 18.0. The smallest absolute Gasteiger partial charge is 0.410 e. The van der Waals surface area contributed by atoms with Gasteiger partial charge in [-0.05, 0) is 32.4 Å². The summed E-state index contributed by atoms with van der Waals surface area (Å²) in [4.78, 5) is 25.4. The standard InChI is InChI=1S/C16H24N2O4/c1-3-21-15(19)13(2)18(11-7-10-17)16(20)22-12-14-8-5-4-6-9-14/h4-6,8-9,13H,3,7,10-12,17H2,1-2H3. The van der Waals surface area contributed by atoms with Gasteiger partial charge in [-0.25, -0.2) is 9.59 Å². The number of rotatable bonds is 8. The van der Waals surface area contributed by atoms with Gasteiger partial charge in [-0.2, -0.15) is 0 Å². The van der Waals surface area contributed by atoms with Crippen molar-refractivity contribution in [1.82, 2.24) is 4.90 Å². The lowest BCUT2D eigenvalue weighted by molar-refractivity contribution is -0.148. The van der Waals surface area contributed by atoms with Crippen molar-refractivity contribution in [3.05, 3.63) is 35.9 Å².